The number of hydrogen-bond acceptors (Lipinski definition) is 5. The number of fused-ring (bicyclic) bond motifs is 1. The SMILES string of the molecule is Cc1sc2nc(C[NH+]3CCN(C(=S)NCc4ccco4)CC3)[nH]c(=O)c2c1C. The fourth-order valence-corrected chi connectivity index (χ4v) is 4.81. The molecular weight excluding hydrogens is 394 g/mol. The molecule has 3 N–H and O–H groups in total. The number of H-pyrrole nitrogens is 1. The highest BCUT2D eigenvalue weighted by Crippen LogP contribution is 2.25. The van der Waals surface area contributed by atoms with Crippen LogP contribution in [0, 0.1) is 13.8 Å². The summed E-state index contributed by atoms with van der Waals surface area (Å²) in [6.45, 7) is 9.00. The molecule has 0 spiro atoms. The molecule has 7 nitrogen and oxygen atoms in total. The third-order valence-corrected chi connectivity index (χ3v) is 6.76. The number of quaternary nitrogens is 1. The molecule has 9 heteroatoms. The maximum absolute atomic E-state index is 12.4. The largest absolute Gasteiger partial charge is 0.467 e. The van der Waals surface area contributed by atoms with Crippen LogP contribution in [0.5, 0.6) is 0 Å². The first-order chi connectivity index (χ1) is 13.5. The van der Waals surface area contributed by atoms with E-state index in [1.54, 1.807) is 17.6 Å². The van der Waals surface area contributed by atoms with Gasteiger partial charge >= 0.3 is 0 Å². The first-order valence-corrected chi connectivity index (χ1v) is 10.6. The number of furan rings is 1. The van der Waals surface area contributed by atoms with Gasteiger partial charge in [0.2, 0.25) is 0 Å². The number of piperazine rings is 1. The van der Waals surface area contributed by atoms with E-state index in [-0.39, 0.29) is 5.56 Å². The van der Waals surface area contributed by atoms with Gasteiger partial charge in [0.1, 0.15) is 17.1 Å². The van der Waals surface area contributed by atoms with Crippen LogP contribution in [0.15, 0.2) is 27.6 Å². The third kappa shape index (κ3) is 3.96. The molecule has 0 amide bonds. The van der Waals surface area contributed by atoms with Gasteiger partial charge in [0.15, 0.2) is 10.9 Å². The lowest BCUT2D eigenvalue weighted by molar-refractivity contribution is -0.918. The first-order valence-electron chi connectivity index (χ1n) is 9.39. The van der Waals surface area contributed by atoms with Crippen LogP contribution in [-0.4, -0.2) is 46.2 Å². The summed E-state index contributed by atoms with van der Waals surface area (Å²) in [6, 6.07) is 3.80. The Bertz CT molecular complexity index is 1030. The lowest BCUT2D eigenvalue weighted by Crippen LogP contribution is -3.13. The van der Waals surface area contributed by atoms with E-state index in [4.69, 9.17) is 21.6 Å². The Labute approximate surface area is 172 Å². The summed E-state index contributed by atoms with van der Waals surface area (Å²) in [5.74, 6) is 1.64. The second-order valence-electron chi connectivity index (χ2n) is 7.13. The number of aryl methyl sites for hydroxylation is 2. The van der Waals surface area contributed by atoms with Gasteiger partial charge in [0, 0.05) is 4.88 Å². The topological polar surface area (TPSA) is 78.6 Å². The highest BCUT2D eigenvalue weighted by atomic mass is 32.1. The smallest absolute Gasteiger partial charge is 0.260 e. The fourth-order valence-electron chi connectivity index (χ4n) is 3.51. The van der Waals surface area contributed by atoms with Gasteiger partial charge in [-0.1, -0.05) is 0 Å². The maximum Gasteiger partial charge on any atom is 0.260 e. The molecule has 3 aromatic heterocycles. The molecule has 1 saturated heterocycles. The van der Waals surface area contributed by atoms with Crippen molar-refractivity contribution in [3.05, 3.63) is 50.8 Å². The number of rotatable bonds is 4. The summed E-state index contributed by atoms with van der Waals surface area (Å²) in [5.41, 5.74) is 1.01. The Kier molecular flexibility index (Phi) is 5.47. The second kappa shape index (κ2) is 8.02. The van der Waals surface area contributed by atoms with Crippen molar-refractivity contribution < 1.29 is 9.32 Å². The zero-order chi connectivity index (χ0) is 19.7. The molecule has 1 aliphatic rings. The van der Waals surface area contributed by atoms with E-state index in [9.17, 15) is 4.79 Å². The number of aromatic amines is 1. The Morgan fingerprint density at radius 1 is 1.43 bits per heavy atom. The van der Waals surface area contributed by atoms with Crippen LogP contribution in [0.1, 0.15) is 22.0 Å². The van der Waals surface area contributed by atoms with E-state index in [2.05, 4.69) is 15.2 Å². The monoisotopic (exact) mass is 418 g/mol. The Hall–Kier alpha value is -2.23. The van der Waals surface area contributed by atoms with E-state index >= 15 is 0 Å². The minimum Gasteiger partial charge on any atom is -0.467 e. The van der Waals surface area contributed by atoms with E-state index < -0.39 is 0 Å². The van der Waals surface area contributed by atoms with Crippen LogP contribution < -0.4 is 15.8 Å². The highest BCUT2D eigenvalue weighted by molar-refractivity contribution is 7.80. The number of thiophene rings is 1. The molecular formula is C19H24N5O2S2+. The quantitative estimate of drug-likeness (QED) is 0.548. The lowest BCUT2D eigenvalue weighted by atomic mass is 10.2. The number of aromatic nitrogens is 2. The van der Waals surface area contributed by atoms with Gasteiger partial charge in [-0.3, -0.25) is 4.79 Å². The van der Waals surface area contributed by atoms with Crippen LogP contribution in [0.4, 0.5) is 0 Å². The van der Waals surface area contributed by atoms with Crippen molar-refractivity contribution in [2.45, 2.75) is 26.9 Å². The second-order valence-corrected chi connectivity index (χ2v) is 8.72. The Balaban J connectivity index is 1.33. The molecule has 0 unspecified atom stereocenters. The summed E-state index contributed by atoms with van der Waals surface area (Å²) in [6.07, 6.45) is 1.66. The predicted molar refractivity (Wildman–Crippen MR) is 114 cm³/mol. The van der Waals surface area contributed by atoms with Gasteiger partial charge in [0.25, 0.3) is 5.56 Å². The van der Waals surface area contributed by atoms with E-state index in [0.717, 1.165) is 70.1 Å². The number of nitrogens with one attached hydrogen (secondary N) is 3. The van der Waals surface area contributed by atoms with Crippen LogP contribution in [0.25, 0.3) is 10.2 Å². The van der Waals surface area contributed by atoms with Crippen LogP contribution in [-0.2, 0) is 13.1 Å². The number of hydrogen-bond donors (Lipinski definition) is 3. The molecule has 0 aromatic carbocycles. The van der Waals surface area contributed by atoms with E-state index in [1.807, 2.05) is 26.0 Å². The van der Waals surface area contributed by atoms with Crippen molar-refractivity contribution >= 4 is 38.9 Å². The summed E-state index contributed by atoms with van der Waals surface area (Å²) in [5, 5.41) is 4.74. The van der Waals surface area contributed by atoms with Crippen LogP contribution in [0.2, 0.25) is 0 Å². The van der Waals surface area contributed by atoms with E-state index in [0.29, 0.717) is 6.54 Å². The predicted octanol–water partition coefficient (Wildman–Crippen LogP) is 0.970. The van der Waals surface area contributed by atoms with Crippen molar-refractivity contribution in [2.24, 2.45) is 0 Å². The molecule has 0 saturated carbocycles. The molecule has 148 valence electrons. The van der Waals surface area contributed by atoms with Crippen molar-refractivity contribution in [3.63, 3.8) is 0 Å². The number of nitrogens with zero attached hydrogens (tertiary/aromatic N) is 2. The molecule has 0 bridgehead atoms. The van der Waals surface area contributed by atoms with Crippen molar-refractivity contribution in [1.82, 2.24) is 20.2 Å². The van der Waals surface area contributed by atoms with Crippen molar-refractivity contribution in [2.75, 3.05) is 26.2 Å². The maximum atomic E-state index is 12.4. The molecule has 0 aliphatic carbocycles. The molecule has 1 aliphatic heterocycles. The molecule has 0 radical (unpaired) electrons. The molecule has 0 atom stereocenters. The van der Waals surface area contributed by atoms with Crippen molar-refractivity contribution in [1.29, 1.82) is 0 Å². The van der Waals surface area contributed by atoms with Gasteiger partial charge in [-0.15, -0.1) is 11.3 Å². The standard InChI is InChI=1S/C19H23N5O2S2/c1-12-13(2)28-18-16(12)17(25)21-15(22-18)11-23-5-7-24(8-6-23)19(27)20-10-14-4-3-9-26-14/h3-4,9H,5-8,10-11H2,1-2H3,(H,20,27)(H,21,22,25)/p+1. The molecule has 1 fully saturated rings. The molecule has 3 aromatic rings. The molecule has 4 rings (SSSR count). The Morgan fingerprint density at radius 2 is 2.21 bits per heavy atom. The van der Waals surface area contributed by atoms with Gasteiger partial charge < -0.3 is 24.5 Å². The summed E-state index contributed by atoms with van der Waals surface area (Å²) in [4.78, 5) is 25.7. The van der Waals surface area contributed by atoms with Gasteiger partial charge in [-0.25, -0.2) is 4.98 Å². The van der Waals surface area contributed by atoms with Crippen molar-refractivity contribution in [3.8, 4) is 0 Å². The summed E-state index contributed by atoms with van der Waals surface area (Å²) in [7, 11) is 0. The normalized spacial score (nSPS) is 15.3. The highest BCUT2D eigenvalue weighted by Gasteiger charge is 2.23. The zero-order valence-electron chi connectivity index (χ0n) is 16.0. The molecule has 4 heterocycles. The first kappa shape index (κ1) is 19.1. The van der Waals surface area contributed by atoms with Gasteiger partial charge in [0.05, 0.1) is 44.4 Å². The van der Waals surface area contributed by atoms with Crippen LogP contribution in [0.3, 0.4) is 0 Å². The van der Waals surface area contributed by atoms with Gasteiger partial charge in [-0.05, 0) is 43.8 Å². The summed E-state index contributed by atoms with van der Waals surface area (Å²) < 4.78 is 5.32. The minimum atomic E-state index is -0.0248. The Morgan fingerprint density at radius 3 is 2.93 bits per heavy atom. The average Bonchev–Trinajstić information content (AvgIpc) is 3.29. The molecule has 28 heavy (non-hydrogen) atoms. The third-order valence-electron chi connectivity index (χ3n) is 5.26. The van der Waals surface area contributed by atoms with E-state index in [1.165, 1.54) is 4.90 Å². The zero-order valence-corrected chi connectivity index (χ0v) is 17.6. The summed E-state index contributed by atoms with van der Waals surface area (Å²) >= 11 is 7.10. The average molecular weight is 419 g/mol. The fraction of sp³-hybridized carbons (Fsp3) is 0.421. The minimum absolute atomic E-state index is 0.0248. The lowest BCUT2D eigenvalue weighted by Gasteiger charge is -2.33. The van der Waals surface area contributed by atoms with Crippen LogP contribution >= 0.6 is 23.6 Å². The number of thiocarbonyl (C=S) groups is 1. The van der Waals surface area contributed by atoms with Gasteiger partial charge in [-0.2, -0.15) is 0 Å².